The minimum absolute atomic E-state index is 0.641. The number of aromatic nitrogens is 2. The van der Waals surface area contributed by atoms with Crippen LogP contribution in [0.15, 0.2) is 36.4 Å². The maximum Gasteiger partial charge on any atom is 0.139 e. The second-order valence-corrected chi connectivity index (χ2v) is 4.91. The monoisotopic (exact) mass is 267 g/mol. The van der Waals surface area contributed by atoms with Gasteiger partial charge in [0, 0.05) is 11.3 Å². The zero-order valence-corrected chi connectivity index (χ0v) is 11.8. The highest BCUT2D eigenvalue weighted by atomic mass is 16.5. The van der Waals surface area contributed by atoms with Gasteiger partial charge < -0.3 is 10.5 Å². The summed E-state index contributed by atoms with van der Waals surface area (Å²) in [5, 5.41) is 0. The van der Waals surface area contributed by atoms with Crippen LogP contribution in [0.5, 0.6) is 5.75 Å². The van der Waals surface area contributed by atoms with Crippen molar-refractivity contribution in [1.29, 1.82) is 0 Å². The fourth-order valence-corrected chi connectivity index (χ4v) is 2.49. The Balaban J connectivity index is 2.33. The van der Waals surface area contributed by atoms with Crippen LogP contribution in [0.25, 0.3) is 16.9 Å². The first-order chi connectivity index (χ1) is 9.61. The highest BCUT2D eigenvalue weighted by Gasteiger charge is 2.16. The molecule has 2 N–H and O–H groups in total. The van der Waals surface area contributed by atoms with Gasteiger partial charge in [-0.25, -0.2) is 4.98 Å². The molecular weight excluding hydrogens is 250 g/mol. The SMILES string of the molecule is COc1ccc(C)cc1-c1nc2cccc(C)n2c1N. The number of hydrogen-bond acceptors (Lipinski definition) is 3. The minimum Gasteiger partial charge on any atom is -0.496 e. The van der Waals surface area contributed by atoms with E-state index in [-0.39, 0.29) is 0 Å². The Hall–Kier alpha value is -2.49. The average molecular weight is 267 g/mol. The molecule has 20 heavy (non-hydrogen) atoms. The van der Waals surface area contributed by atoms with E-state index < -0.39 is 0 Å². The average Bonchev–Trinajstić information content (AvgIpc) is 2.77. The summed E-state index contributed by atoms with van der Waals surface area (Å²) in [6, 6.07) is 12.0. The van der Waals surface area contributed by atoms with Crippen LogP contribution in [0.2, 0.25) is 0 Å². The molecule has 0 aliphatic heterocycles. The van der Waals surface area contributed by atoms with Gasteiger partial charge in [0.05, 0.1) is 7.11 Å². The molecule has 0 amide bonds. The summed E-state index contributed by atoms with van der Waals surface area (Å²) in [6.45, 7) is 4.06. The van der Waals surface area contributed by atoms with Crippen molar-refractivity contribution in [3.8, 4) is 17.0 Å². The summed E-state index contributed by atoms with van der Waals surface area (Å²) >= 11 is 0. The van der Waals surface area contributed by atoms with Gasteiger partial charge in [-0.05, 0) is 38.1 Å². The van der Waals surface area contributed by atoms with Crippen LogP contribution >= 0.6 is 0 Å². The highest BCUT2D eigenvalue weighted by Crippen LogP contribution is 2.34. The summed E-state index contributed by atoms with van der Waals surface area (Å²) in [5.74, 6) is 1.42. The highest BCUT2D eigenvalue weighted by molar-refractivity contribution is 5.79. The number of hydrogen-bond donors (Lipinski definition) is 1. The molecule has 2 aromatic heterocycles. The summed E-state index contributed by atoms with van der Waals surface area (Å²) in [7, 11) is 1.66. The molecule has 0 radical (unpaired) electrons. The molecule has 3 rings (SSSR count). The molecule has 4 heteroatoms. The number of anilines is 1. The van der Waals surface area contributed by atoms with Crippen molar-refractivity contribution in [2.45, 2.75) is 13.8 Å². The normalized spacial score (nSPS) is 10.9. The fourth-order valence-electron chi connectivity index (χ4n) is 2.49. The molecule has 0 bridgehead atoms. The van der Waals surface area contributed by atoms with E-state index in [9.17, 15) is 0 Å². The van der Waals surface area contributed by atoms with E-state index in [1.807, 2.05) is 54.6 Å². The Morgan fingerprint density at radius 3 is 2.65 bits per heavy atom. The van der Waals surface area contributed by atoms with Crippen molar-refractivity contribution in [3.63, 3.8) is 0 Å². The lowest BCUT2D eigenvalue weighted by molar-refractivity contribution is 0.416. The fraction of sp³-hybridized carbons (Fsp3) is 0.188. The van der Waals surface area contributed by atoms with Crippen molar-refractivity contribution in [2.24, 2.45) is 0 Å². The Bertz CT molecular complexity index is 790. The lowest BCUT2D eigenvalue weighted by Crippen LogP contribution is -1.98. The first-order valence-corrected chi connectivity index (χ1v) is 6.50. The zero-order chi connectivity index (χ0) is 14.3. The van der Waals surface area contributed by atoms with Gasteiger partial charge in [-0.3, -0.25) is 4.40 Å². The number of ether oxygens (including phenoxy) is 1. The zero-order valence-electron chi connectivity index (χ0n) is 11.8. The second kappa shape index (κ2) is 4.56. The second-order valence-electron chi connectivity index (χ2n) is 4.91. The van der Waals surface area contributed by atoms with Gasteiger partial charge >= 0.3 is 0 Å². The van der Waals surface area contributed by atoms with E-state index in [0.29, 0.717) is 5.82 Å². The first-order valence-electron chi connectivity index (χ1n) is 6.50. The van der Waals surface area contributed by atoms with Crippen molar-refractivity contribution >= 4 is 11.5 Å². The third-order valence-electron chi connectivity index (χ3n) is 3.48. The van der Waals surface area contributed by atoms with Gasteiger partial charge in [-0.2, -0.15) is 0 Å². The third kappa shape index (κ3) is 1.81. The van der Waals surface area contributed by atoms with Crippen LogP contribution in [0.4, 0.5) is 5.82 Å². The van der Waals surface area contributed by atoms with Gasteiger partial charge in [-0.1, -0.05) is 17.7 Å². The van der Waals surface area contributed by atoms with Gasteiger partial charge in [-0.15, -0.1) is 0 Å². The Labute approximate surface area is 117 Å². The lowest BCUT2D eigenvalue weighted by atomic mass is 10.1. The van der Waals surface area contributed by atoms with Gasteiger partial charge in [0.25, 0.3) is 0 Å². The number of nitrogens with two attached hydrogens (primary N) is 1. The predicted octanol–water partition coefficient (Wildman–Crippen LogP) is 3.21. The van der Waals surface area contributed by atoms with E-state index in [1.54, 1.807) is 7.11 Å². The molecule has 0 spiro atoms. The topological polar surface area (TPSA) is 52.5 Å². The van der Waals surface area contributed by atoms with Crippen LogP contribution in [-0.4, -0.2) is 16.5 Å². The van der Waals surface area contributed by atoms with Gasteiger partial charge in [0.1, 0.15) is 22.9 Å². The molecule has 0 unspecified atom stereocenters. The summed E-state index contributed by atoms with van der Waals surface area (Å²) < 4.78 is 7.39. The molecule has 0 aliphatic rings. The lowest BCUT2D eigenvalue weighted by Gasteiger charge is -2.08. The van der Waals surface area contributed by atoms with E-state index in [4.69, 9.17) is 10.5 Å². The van der Waals surface area contributed by atoms with Crippen molar-refractivity contribution in [1.82, 2.24) is 9.38 Å². The summed E-state index contributed by atoms with van der Waals surface area (Å²) in [5.41, 5.74) is 11.0. The Morgan fingerprint density at radius 1 is 1.15 bits per heavy atom. The van der Waals surface area contributed by atoms with Crippen LogP contribution in [-0.2, 0) is 0 Å². The van der Waals surface area contributed by atoms with Gasteiger partial charge in [0.2, 0.25) is 0 Å². The number of pyridine rings is 1. The molecule has 0 saturated heterocycles. The van der Waals surface area contributed by atoms with E-state index in [0.717, 1.165) is 33.9 Å². The van der Waals surface area contributed by atoms with Crippen LogP contribution < -0.4 is 10.5 Å². The number of methoxy groups -OCH3 is 1. The molecule has 0 atom stereocenters. The molecule has 3 aromatic rings. The van der Waals surface area contributed by atoms with E-state index in [1.165, 1.54) is 0 Å². The number of nitrogen functional groups attached to an aromatic ring is 1. The van der Waals surface area contributed by atoms with Crippen LogP contribution in [0.1, 0.15) is 11.3 Å². The molecule has 1 aromatic carbocycles. The van der Waals surface area contributed by atoms with Crippen LogP contribution in [0, 0.1) is 13.8 Å². The predicted molar refractivity (Wildman–Crippen MR) is 81.1 cm³/mol. The molecule has 0 saturated carbocycles. The molecule has 102 valence electrons. The largest absolute Gasteiger partial charge is 0.496 e. The standard InChI is InChI=1S/C16H17N3O/c1-10-7-8-13(20-3)12(9-10)15-16(17)19-11(2)5-4-6-14(19)18-15/h4-9H,17H2,1-3H3. The number of benzene rings is 1. The minimum atomic E-state index is 0.641. The molecular formula is C16H17N3O. The smallest absolute Gasteiger partial charge is 0.139 e. The third-order valence-corrected chi connectivity index (χ3v) is 3.48. The summed E-state index contributed by atoms with van der Waals surface area (Å²) in [6.07, 6.45) is 0. The van der Waals surface area contributed by atoms with Crippen molar-refractivity contribution in [2.75, 3.05) is 12.8 Å². The molecule has 2 heterocycles. The number of rotatable bonds is 2. The maximum absolute atomic E-state index is 6.29. The van der Waals surface area contributed by atoms with E-state index >= 15 is 0 Å². The quantitative estimate of drug-likeness (QED) is 0.775. The Morgan fingerprint density at radius 2 is 1.95 bits per heavy atom. The molecule has 0 fully saturated rings. The first kappa shape index (κ1) is 12.5. The maximum atomic E-state index is 6.29. The van der Waals surface area contributed by atoms with E-state index in [2.05, 4.69) is 4.98 Å². The molecule has 4 nitrogen and oxygen atoms in total. The van der Waals surface area contributed by atoms with Gasteiger partial charge in [0.15, 0.2) is 0 Å². The Kier molecular flexibility index (Phi) is 2.86. The number of fused-ring (bicyclic) bond motifs is 1. The number of nitrogens with zero attached hydrogens (tertiary/aromatic N) is 2. The number of aryl methyl sites for hydroxylation is 2. The van der Waals surface area contributed by atoms with Crippen molar-refractivity contribution < 1.29 is 4.74 Å². The number of imidazole rings is 1. The van der Waals surface area contributed by atoms with Crippen molar-refractivity contribution in [3.05, 3.63) is 47.7 Å². The van der Waals surface area contributed by atoms with Crippen LogP contribution in [0.3, 0.4) is 0 Å². The summed E-state index contributed by atoms with van der Waals surface area (Å²) in [4.78, 5) is 4.65. The molecule has 0 aliphatic carbocycles.